The molecule has 56 heavy (non-hydrogen) atoms. The van der Waals surface area contributed by atoms with Gasteiger partial charge in [-0.3, -0.25) is 0 Å². The van der Waals surface area contributed by atoms with Gasteiger partial charge in [-0.15, -0.1) is 0 Å². The molecule has 0 radical (unpaired) electrons. The molecule has 0 aliphatic heterocycles. The summed E-state index contributed by atoms with van der Waals surface area (Å²) in [6.45, 7) is 4.22. The Balaban J connectivity index is 1.03. The molecule has 0 heterocycles. The lowest BCUT2D eigenvalue weighted by Crippen LogP contribution is -2.17. The molecule has 272 valence electrons. The Morgan fingerprint density at radius 2 is 0.857 bits per heavy atom. The summed E-state index contributed by atoms with van der Waals surface area (Å²) in [6, 6.07) is 62.2. The van der Waals surface area contributed by atoms with Crippen LogP contribution in [0.2, 0.25) is 0 Å². The molecule has 1 atom stereocenters. The van der Waals surface area contributed by atoms with Crippen LogP contribution in [0.3, 0.4) is 0 Å². The second-order valence-corrected chi connectivity index (χ2v) is 14.3. The molecular weight excluding hydrogens is 683 g/mol. The number of rotatable bonds is 10. The first-order valence-corrected chi connectivity index (χ1v) is 19.0. The number of nitrogen functional groups attached to an aromatic ring is 1. The highest BCUT2D eigenvalue weighted by atomic mass is 15.1. The Labute approximate surface area is 329 Å². The van der Waals surface area contributed by atoms with E-state index < -0.39 is 0 Å². The van der Waals surface area contributed by atoms with E-state index >= 15 is 0 Å². The molecule has 1 aliphatic rings. The topological polar surface area (TPSA) is 68.3 Å². The van der Waals surface area contributed by atoms with E-state index in [1.54, 1.807) is 0 Å². The Kier molecular flexibility index (Phi) is 10.2. The lowest BCUT2D eigenvalue weighted by Gasteiger charge is -2.28. The maximum atomic E-state index is 9.42. The number of allylic oxidation sites excluding steroid dienone is 3. The van der Waals surface area contributed by atoms with E-state index in [1.165, 1.54) is 16.7 Å². The van der Waals surface area contributed by atoms with Crippen LogP contribution in [0.25, 0.3) is 22.3 Å². The molecule has 8 rings (SSSR count). The Morgan fingerprint density at radius 1 is 0.500 bits per heavy atom. The molecule has 0 saturated carbocycles. The fraction of sp³-hybridized carbons (Fsp3) is 0.0784. The van der Waals surface area contributed by atoms with Crippen molar-refractivity contribution in [3.05, 3.63) is 205 Å². The van der Waals surface area contributed by atoms with E-state index in [1.807, 2.05) is 36.4 Å². The van der Waals surface area contributed by atoms with Crippen LogP contribution in [-0.4, -0.2) is 0 Å². The van der Waals surface area contributed by atoms with Gasteiger partial charge in [0.1, 0.15) is 0 Å². The van der Waals surface area contributed by atoms with Crippen LogP contribution in [0.15, 0.2) is 194 Å². The van der Waals surface area contributed by atoms with Crippen LogP contribution < -0.4 is 20.9 Å². The van der Waals surface area contributed by atoms with E-state index in [-0.39, 0.29) is 5.92 Å². The average Bonchev–Trinajstić information content (AvgIpc) is 3.25. The van der Waals surface area contributed by atoms with Crippen molar-refractivity contribution in [2.45, 2.75) is 20.3 Å². The van der Waals surface area contributed by atoms with E-state index in [2.05, 4.69) is 187 Å². The summed E-state index contributed by atoms with van der Waals surface area (Å²) in [4.78, 5) is 4.51. The molecule has 0 amide bonds. The van der Waals surface area contributed by atoms with Gasteiger partial charge in [-0.25, -0.2) is 0 Å². The van der Waals surface area contributed by atoms with Gasteiger partial charge in [-0.2, -0.15) is 5.26 Å². The standard InChI is InChI=1S/C51H43N5/c1-36-3-19-44(20-4-36)54-45-21-9-39(10-22-45)40-11-27-48(28-12-40)55(46-23-5-37(2)6-24-46)49-29-13-41(14-30-49)42-15-31-50(32-16-42)56(51-33-17-43(53)18-34-51)47-25-7-38(35-52)8-26-47/h3-7,9-34,38,54H,8,53H2,1-2H3. The summed E-state index contributed by atoms with van der Waals surface area (Å²) < 4.78 is 0. The highest BCUT2D eigenvalue weighted by molar-refractivity contribution is 5.81. The second-order valence-electron chi connectivity index (χ2n) is 14.3. The lowest BCUT2D eigenvalue weighted by atomic mass is 9.99. The Morgan fingerprint density at radius 3 is 1.27 bits per heavy atom. The Hall–Kier alpha value is -7.29. The van der Waals surface area contributed by atoms with E-state index in [9.17, 15) is 5.26 Å². The molecule has 3 N–H and O–H groups in total. The maximum absolute atomic E-state index is 9.42. The van der Waals surface area contributed by atoms with Crippen molar-refractivity contribution in [1.29, 1.82) is 5.26 Å². The summed E-state index contributed by atoms with van der Waals surface area (Å²) in [7, 11) is 0. The zero-order chi connectivity index (χ0) is 38.4. The number of aryl methyl sites for hydroxylation is 2. The number of hydrogen-bond donors (Lipinski definition) is 2. The molecule has 0 aromatic heterocycles. The minimum Gasteiger partial charge on any atom is -0.399 e. The molecule has 1 aliphatic carbocycles. The van der Waals surface area contributed by atoms with Crippen LogP contribution in [0.5, 0.6) is 0 Å². The van der Waals surface area contributed by atoms with E-state index in [4.69, 9.17) is 5.73 Å². The van der Waals surface area contributed by atoms with Crippen LogP contribution in [0.4, 0.5) is 45.5 Å². The summed E-state index contributed by atoms with van der Waals surface area (Å²) in [5.41, 5.74) is 22.3. The third-order valence-corrected chi connectivity index (χ3v) is 10.2. The molecule has 7 aromatic carbocycles. The van der Waals surface area contributed by atoms with Crippen molar-refractivity contribution in [2.24, 2.45) is 5.92 Å². The molecule has 0 saturated heterocycles. The molecule has 7 aromatic rings. The van der Waals surface area contributed by atoms with Gasteiger partial charge >= 0.3 is 0 Å². The minimum absolute atomic E-state index is 0.102. The quantitative estimate of drug-likeness (QED) is 0.137. The lowest BCUT2D eigenvalue weighted by molar-refractivity contribution is 0.824. The third kappa shape index (κ3) is 7.96. The number of nitrogens with two attached hydrogens (primary N) is 1. The number of nitrogens with one attached hydrogen (secondary N) is 1. The van der Waals surface area contributed by atoms with Gasteiger partial charge in [0.25, 0.3) is 0 Å². The van der Waals surface area contributed by atoms with Gasteiger partial charge < -0.3 is 20.9 Å². The predicted octanol–water partition coefficient (Wildman–Crippen LogP) is 13.6. The minimum atomic E-state index is -0.102. The van der Waals surface area contributed by atoms with Gasteiger partial charge in [0.05, 0.1) is 12.0 Å². The third-order valence-electron chi connectivity index (χ3n) is 10.2. The molecule has 5 nitrogen and oxygen atoms in total. The number of hydrogen-bond acceptors (Lipinski definition) is 5. The van der Waals surface area contributed by atoms with Crippen molar-refractivity contribution in [3.8, 4) is 28.3 Å². The first-order valence-electron chi connectivity index (χ1n) is 19.0. The number of nitriles is 1. The van der Waals surface area contributed by atoms with Crippen LogP contribution >= 0.6 is 0 Å². The van der Waals surface area contributed by atoms with Crippen LogP contribution in [0.1, 0.15) is 17.5 Å². The summed E-state index contributed by atoms with van der Waals surface area (Å²) >= 11 is 0. The van der Waals surface area contributed by atoms with E-state index in [0.29, 0.717) is 6.42 Å². The molecule has 5 heteroatoms. The fourth-order valence-electron chi connectivity index (χ4n) is 7.04. The number of anilines is 8. The summed E-state index contributed by atoms with van der Waals surface area (Å²) in [6.07, 6.45) is 6.83. The molecule has 1 unspecified atom stereocenters. The summed E-state index contributed by atoms with van der Waals surface area (Å²) in [5.74, 6) is -0.102. The van der Waals surface area contributed by atoms with Crippen molar-refractivity contribution in [1.82, 2.24) is 0 Å². The van der Waals surface area contributed by atoms with Gasteiger partial charge in [0.15, 0.2) is 0 Å². The van der Waals surface area contributed by atoms with Crippen molar-refractivity contribution >= 4 is 45.5 Å². The van der Waals surface area contributed by atoms with E-state index in [0.717, 1.165) is 67.9 Å². The van der Waals surface area contributed by atoms with Gasteiger partial charge in [0, 0.05) is 51.2 Å². The van der Waals surface area contributed by atoms with Gasteiger partial charge in [0.2, 0.25) is 0 Å². The number of benzene rings is 7. The Bertz CT molecular complexity index is 2510. The first kappa shape index (κ1) is 35.7. The van der Waals surface area contributed by atoms with Crippen molar-refractivity contribution < 1.29 is 0 Å². The van der Waals surface area contributed by atoms with Crippen LogP contribution in [-0.2, 0) is 0 Å². The maximum Gasteiger partial charge on any atom is 0.0700 e. The van der Waals surface area contributed by atoms with Crippen molar-refractivity contribution in [3.63, 3.8) is 0 Å². The molecule has 0 spiro atoms. The average molecular weight is 726 g/mol. The predicted molar refractivity (Wildman–Crippen MR) is 235 cm³/mol. The highest BCUT2D eigenvalue weighted by Gasteiger charge is 2.18. The number of nitrogens with zero attached hydrogens (tertiary/aromatic N) is 3. The molecule has 0 bridgehead atoms. The van der Waals surface area contributed by atoms with Gasteiger partial charge in [-0.05, 0) is 146 Å². The van der Waals surface area contributed by atoms with Gasteiger partial charge in [-0.1, -0.05) is 96.1 Å². The normalized spacial score (nSPS) is 13.4. The SMILES string of the molecule is Cc1ccc(Nc2ccc(-c3ccc(N(c4ccc(C)cc4)c4ccc(-c5ccc(N(C6=CCC(C#N)C=C6)c6ccc(N)cc6)cc5)cc4)cc3)cc2)cc1. The second kappa shape index (κ2) is 16.0. The smallest absolute Gasteiger partial charge is 0.0700 e. The first-order chi connectivity index (χ1) is 27.4. The van der Waals surface area contributed by atoms with Crippen LogP contribution in [0, 0.1) is 31.1 Å². The van der Waals surface area contributed by atoms with Crippen molar-refractivity contribution in [2.75, 3.05) is 20.9 Å². The monoisotopic (exact) mass is 725 g/mol. The zero-order valence-corrected chi connectivity index (χ0v) is 31.6. The molecular formula is C51H43N5. The highest BCUT2D eigenvalue weighted by Crippen LogP contribution is 2.38. The largest absolute Gasteiger partial charge is 0.399 e. The zero-order valence-electron chi connectivity index (χ0n) is 31.6. The molecule has 0 fully saturated rings. The fourth-order valence-corrected chi connectivity index (χ4v) is 7.04. The summed E-state index contributed by atoms with van der Waals surface area (Å²) in [5, 5.41) is 12.9.